The number of cyclic esters (lactones) is 1. The first-order valence-corrected chi connectivity index (χ1v) is 9.78. The van der Waals surface area contributed by atoms with Crippen LogP contribution in [0.1, 0.15) is 27.3 Å². The van der Waals surface area contributed by atoms with Gasteiger partial charge < -0.3 is 9.47 Å². The highest BCUT2D eigenvalue weighted by atomic mass is 35.5. The number of ether oxygens (including phenoxy) is 2. The Kier molecular flexibility index (Phi) is 4.84. The molecular formula is C18H14Cl2N2O4S. The molecule has 0 radical (unpaired) electrons. The second kappa shape index (κ2) is 7.14. The average Bonchev–Trinajstić information content (AvgIpc) is 3.30. The second-order valence-corrected chi connectivity index (χ2v) is 7.97. The number of halogens is 2. The maximum Gasteiger partial charge on any atom is 0.349 e. The van der Waals surface area contributed by atoms with Crippen molar-refractivity contribution in [3.8, 4) is 0 Å². The Hall–Kier alpha value is -2.09. The quantitative estimate of drug-likeness (QED) is 0.585. The largest absolute Gasteiger partial charge is 0.463 e. The van der Waals surface area contributed by atoms with Gasteiger partial charge in [0, 0.05) is 27.4 Å². The molecule has 0 aliphatic carbocycles. The molecule has 1 aliphatic rings. The molecular weight excluding hydrogens is 411 g/mol. The first-order chi connectivity index (χ1) is 12.9. The van der Waals surface area contributed by atoms with Gasteiger partial charge in [-0.25, -0.2) is 14.3 Å². The van der Waals surface area contributed by atoms with Crippen molar-refractivity contribution in [1.82, 2.24) is 9.78 Å². The van der Waals surface area contributed by atoms with Crippen LogP contribution in [0.5, 0.6) is 0 Å². The van der Waals surface area contributed by atoms with Crippen LogP contribution in [-0.4, -0.2) is 34.4 Å². The molecule has 1 aliphatic heterocycles. The zero-order valence-corrected chi connectivity index (χ0v) is 16.5. The lowest BCUT2D eigenvalue weighted by molar-refractivity contribution is -0.145. The summed E-state index contributed by atoms with van der Waals surface area (Å²) in [5.74, 6) is -1.04. The topological polar surface area (TPSA) is 70.4 Å². The third-order valence-corrected chi connectivity index (χ3v) is 6.15. The first-order valence-electron chi connectivity index (χ1n) is 8.21. The number of thiophene rings is 1. The molecule has 0 N–H and O–H groups in total. The van der Waals surface area contributed by atoms with Crippen LogP contribution in [-0.2, 0) is 20.8 Å². The van der Waals surface area contributed by atoms with Crippen LogP contribution in [0.25, 0.3) is 10.2 Å². The fourth-order valence-electron chi connectivity index (χ4n) is 2.93. The van der Waals surface area contributed by atoms with E-state index in [0.29, 0.717) is 27.9 Å². The van der Waals surface area contributed by atoms with Gasteiger partial charge in [-0.3, -0.25) is 0 Å². The molecule has 6 nitrogen and oxygen atoms in total. The molecule has 9 heteroatoms. The van der Waals surface area contributed by atoms with Gasteiger partial charge in [-0.05, 0) is 25.1 Å². The monoisotopic (exact) mass is 424 g/mol. The van der Waals surface area contributed by atoms with Crippen molar-refractivity contribution in [3.05, 3.63) is 50.4 Å². The van der Waals surface area contributed by atoms with Crippen molar-refractivity contribution in [1.29, 1.82) is 0 Å². The zero-order valence-electron chi connectivity index (χ0n) is 14.2. The van der Waals surface area contributed by atoms with E-state index < -0.39 is 18.0 Å². The number of rotatable bonds is 4. The van der Waals surface area contributed by atoms with Gasteiger partial charge in [-0.1, -0.05) is 29.3 Å². The lowest BCUT2D eigenvalue weighted by atomic mass is 10.2. The summed E-state index contributed by atoms with van der Waals surface area (Å²) in [6, 6.07) is 7.06. The maximum atomic E-state index is 12.4. The molecule has 0 spiro atoms. The molecule has 0 saturated carbocycles. The average molecular weight is 425 g/mol. The Balaban J connectivity index is 1.64. The van der Waals surface area contributed by atoms with Crippen LogP contribution in [0.15, 0.2) is 24.3 Å². The predicted octanol–water partition coefficient (Wildman–Crippen LogP) is 4.23. The Morgan fingerprint density at radius 1 is 1.41 bits per heavy atom. The number of aromatic nitrogens is 2. The van der Waals surface area contributed by atoms with Crippen molar-refractivity contribution in [2.75, 3.05) is 6.61 Å². The van der Waals surface area contributed by atoms with E-state index in [4.69, 9.17) is 32.7 Å². The molecule has 1 unspecified atom stereocenters. The van der Waals surface area contributed by atoms with Gasteiger partial charge in [0.1, 0.15) is 9.71 Å². The van der Waals surface area contributed by atoms with E-state index >= 15 is 0 Å². The van der Waals surface area contributed by atoms with Crippen LogP contribution in [0, 0.1) is 6.92 Å². The number of aryl methyl sites for hydroxylation is 1. The smallest absolute Gasteiger partial charge is 0.349 e. The standard InChI is InChI=1S/C18H14Cl2N2O4S/c1-9-10-7-15(18(24)26-14-5-6-25-17(14)23)27-16(10)22(21-9)8-11-12(19)3-2-4-13(11)20/h2-4,7,14H,5-6,8H2,1H3. The lowest BCUT2D eigenvalue weighted by Crippen LogP contribution is -2.22. The summed E-state index contributed by atoms with van der Waals surface area (Å²) in [5, 5.41) is 6.49. The number of benzene rings is 1. The summed E-state index contributed by atoms with van der Waals surface area (Å²) < 4.78 is 11.9. The molecule has 1 aromatic carbocycles. The Morgan fingerprint density at radius 3 is 2.81 bits per heavy atom. The Morgan fingerprint density at radius 2 is 2.15 bits per heavy atom. The van der Waals surface area contributed by atoms with Crippen molar-refractivity contribution in [3.63, 3.8) is 0 Å². The molecule has 1 fully saturated rings. The highest BCUT2D eigenvalue weighted by Gasteiger charge is 2.31. The molecule has 2 aromatic heterocycles. The molecule has 0 bridgehead atoms. The van der Waals surface area contributed by atoms with Crippen molar-refractivity contribution in [2.45, 2.75) is 26.0 Å². The van der Waals surface area contributed by atoms with Gasteiger partial charge in [0.2, 0.25) is 6.10 Å². The second-order valence-electron chi connectivity index (χ2n) is 6.12. The van der Waals surface area contributed by atoms with E-state index in [0.717, 1.165) is 21.5 Å². The number of hydrogen-bond acceptors (Lipinski definition) is 6. The van der Waals surface area contributed by atoms with E-state index in [1.807, 2.05) is 6.92 Å². The van der Waals surface area contributed by atoms with E-state index in [2.05, 4.69) is 5.10 Å². The minimum atomic E-state index is -0.831. The van der Waals surface area contributed by atoms with Crippen LogP contribution in [0.3, 0.4) is 0 Å². The van der Waals surface area contributed by atoms with E-state index in [9.17, 15) is 9.59 Å². The summed E-state index contributed by atoms with van der Waals surface area (Å²) in [6.07, 6.45) is -0.449. The van der Waals surface area contributed by atoms with E-state index in [1.165, 1.54) is 11.3 Å². The minimum absolute atomic E-state index is 0.274. The molecule has 1 saturated heterocycles. The van der Waals surface area contributed by atoms with Gasteiger partial charge >= 0.3 is 11.9 Å². The van der Waals surface area contributed by atoms with Crippen LogP contribution < -0.4 is 0 Å². The van der Waals surface area contributed by atoms with Crippen LogP contribution >= 0.6 is 34.5 Å². The third-order valence-electron chi connectivity index (χ3n) is 4.31. The minimum Gasteiger partial charge on any atom is -0.463 e. The number of carbonyl (C=O) groups excluding carboxylic acids is 2. The highest BCUT2D eigenvalue weighted by Crippen LogP contribution is 2.32. The van der Waals surface area contributed by atoms with Gasteiger partial charge in [0.05, 0.1) is 18.8 Å². The lowest BCUT2D eigenvalue weighted by Gasteiger charge is -2.08. The van der Waals surface area contributed by atoms with Crippen molar-refractivity contribution >= 4 is 56.7 Å². The van der Waals surface area contributed by atoms with E-state index in [-0.39, 0.29) is 6.61 Å². The van der Waals surface area contributed by atoms with Gasteiger partial charge in [-0.2, -0.15) is 5.10 Å². The molecule has 27 heavy (non-hydrogen) atoms. The fraction of sp³-hybridized carbons (Fsp3) is 0.278. The summed E-state index contributed by atoms with van der Waals surface area (Å²) in [4.78, 5) is 25.1. The third kappa shape index (κ3) is 3.42. The van der Waals surface area contributed by atoms with Crippen molar-refractivity contribution in [2.24, 2.45) is 0 Å². The number of hydrogen-bond donors (Lipinski definition) is 0. The number of nitrogens with zero attached hydrogens (tertiary/aromatic N) is 2. The normalized spacial score (nSPS) is 16.7. The Bertz CT molecular complexity index is 1040. The zero-order chi connectivity index (χ0) is 19.1. The molecule has 4 rings (SSSR count). The summed E-state index contributed by atoms with van der Waals surface area (Å²) >= 11 is 13.8. The molecule has 140 valence electrons. The van der Waals surface area contributed by atoms with E-state index in [1.54, 1.807) is 28.9 Å². The molecule has 1 atom stereocenters. The van der Waals surface area contributed by atoms with Crippen molar-refractivity contribution < 1.29 is 19.1 Å². The van der Waals surface area contributed by atoms with Crippen LogP contribution in [0.2, 0.25) is 10.0 Å². The number of esters is 2. The molecule has 3 heterocycles. The molecule has 0 amide bonds. The number of carbonyl (C=O) groups is 2. The van der Waals surface area contributed by atoms with Gasteiger partial charge in [-0.15, -0.1) is 11.3 Å². The SMILES string of the molecule is Cc1nn(Cc2c(Cl)cccc2Cl)c2sc(C(=O)OC3CCOC3=O)cc12. The van der Waals surface area contributed by atoms with Gasteiger partial charge in [0.25, 0.3) is 0 Å². The maximum absolute atomic E-state index is 12.4. The highest BCUT2D eigenvalue weighted by molar-refractivity contribution is 7.20. The first kappa shape index (κ1) is 18.3. The summed E-state index contributed by atoms with van der Waals surface area (Å²) in [7, 11) is 0. The summed E-state index contributed by atoms with van der Waals surface area (Å²) in [5.41, 5.74) is 1.54. The van der Waals surface area contributed by atoms with Crippen LogP contribution in [0.4, 0.5) is 0 Å². The van der Waals surface area contributed by atoms with Gasteiger partial charge in [0.15, 0.2) is 0 Å². The predicted molar refractivity (Wildman–Crippen MR) is 103 cm³/mol. The molecule has 3 aromatic rings. The number of fused-ring (bicyclic) bond motifs is 1. The fourth-order valence-corrected chi connectivity index (χ4v) is 4.49. The summed E-state index contributed by atoms with van der Waals surface area (Å²) in [6.45, 7) is 2.52. The Labute approximate surface area is 168 Å².